The smallest absolute Gasteiger partial charge is 0.127 e. The molecule has 0 N–H and O–H groups in total. The number of hydrogen-bond acceptors (Lipinski definition) is 1. The maximum Gasteiger partial charge on any atom is 0.127 e. The van der Waals surface area contributed by atoms with Crippen molar-refractivity contribution >= 4 is 6.29 Å². The van der Waals surface area contributed by atoms with Crippen molar-refractivity contribution in [2.24, 2.45) is 0 Å². The Bertz CT molecular complexity index is 333. The zero-order valence-electron chi connectivity index (χ0n) is 7.29. The number of carbonyl (C=O) groups excluding carboxylic acids is 1. The molecule has 0 heterocycles. The van der Waals surface area contributed by atoms with Crippen molar-refractivity contribution in [3.63, 3.8) is 0 Å². The molecule has 68 valence electrons. The Morgan fingerprint density at radius 1 is 1.46 bits per heavy atom. The lowest BCUT2D eigenvalue weighted by Crippen LogP contribution is -2.12. The summed E-state index contributed by atoms with van der Waals surface area (Å²) in [6, 6.07) is 5.00. The van der Waals surface area contributed by atoms with Crippen molar-refractivity contribution in [2.45, 2.75) is 25.2 Å². The van der Waals surface area contributed by atoms with Crippen LogP contribution in [-0.2, 0) is 11.2 Å². The molecule has 0 bridgehead atoms. The van der Waals surface area contributed by atoms with Gasteiger partial charge in [-0.1, -0.05) is 12.1 Å². The fraction of sp³-hybridized carbons (Fsp3) is 0.364. The van der Waals surface area contributed by atoms with Crippen LogP contribution in [0.2, 0.25) is 0 Å². The molecule has 1 atom stereocenters. The van der Waals surface area contributed by atoms with Crippen molar-refractivity contribution in [2.75, 3.05) is 0 Å². The highest BCUT2D eigenvalue weighted by Crippen LogP contribution is 2.31. The fourth-order valence-corrected chi connectivity index (χ4v) is 1.98. The summed E-state index contributed by atoms with van der Waals surface area (Å²) >= 11 is 0. The van der Waals surface area contributed by atoms with E-state index in [4.69, 9.17) is 0 Å². The van der Waals surface area contributed by atoms with E-state index in [1.165, 1.54) is 6.07 Å². The van der Waals surface area contributed by atoms with E-state index in [0.717, 1.165) is 36.7 Å². The molecular weight excluding hydrogens is 167 g/mol. The molecule has 1 unspecified atom stereocenters. The lowest BCUT2D eigenvalue weighted by molar-refractivity contribution is -0.109. The van der Waals surface area contributed by atoms with Crippen LogP contribution in [0.25, 0.3) is 0 Å². The second kappa shape index (κ2) is 3.29. The third-order valence-electron chi connectivity index (χ3n) is 2.66. The van der Waals surface area contributed by atoms with E-state index in [0.29, 0.717) is 0 Å². The second-order valence-electron chi connectivity index (χ2n) is 3.44. The molecule has 0 saturated heterocycles. The quantitative estimate of drug-likeness (QED) is 0.604. The SMILES string of the molecule is O=CC1CCCc2c(F)cccc21. The first-order valence-corrected chi connectivity index (χ1v) is 4.55. The van der Waals surface area contributed by atoms with Gasteiger partial charge in [0.1, 0.15) is 12.1 Å². The summed E-state index contributed by atoms with van der Waals surface area (Å²) < 4.78 is 13.3. The molecule has 13 heavy (non-hydrogen) atoms. The average molecular weight is 178 g/mol. The Morgan fingerprint density at radius 3 is 3.08 bits per heavy atom. The number of halogens is 1. The van der Waals surface area contributed by atoms with Crippen molar-refractivity contribution in [3.05, 3.63) is 35.1 Å². The lowest BCUT2D eigenvalue weighted by Gasteiger charge is -2.21. The van der Waals surface area contributed by atoms with E-state index >= 15 is 0 Å². The Balaban J connectivity index is 2.51. The summed E-state index contributed by atoms with van der Waals surface area (Å²) in [6.45, 7) is 0. The normalized spacial score (nSPS) is 20.8. The Morgan fingerprint density at radius 2 is 2.31 bits per heavy atom. The van der Waals surface area contributed by atoms with Gasteiger partial charge in [-0.05, 0) is 36.5 Å². The van der Waals surface area contributed by atoms with Gasteiger partial charge in [0.15, 0.2) is 0 Å². The number of hydrogen-bond donors (Lipinski definition) is 0. The first kappa shape index (κ1) is 8.42. The standard InChI is InChI=1S/C11H11FO/c12-11-6-2-4-9-8(7-13)3-1-5-10(9)11/h2,4,6-8H,1,3,5H2. The van der Waals surface area contributed by atoms with E-state index < -0.39 is 0 Å². The van der Waals surface area contributed by atoms with Crippen molar-refractivity contribution in [3.8, 4) is 0 Å². The van der Waals surface area contributed by atoms with Crippen LogP contribution in [0.15, 0.2) is 18.2 Å². The minimum absolute atomic E-state index is 0.0838. The van der Waals surface area contributed by atoms with Gasteiger partial charge in [0.25, 0.3) is 0 Å². The van der Waals surface area contributed by atoms with Crippen LogP contribution in [-0.4, -0.2) is 6.29 Å². The van der Waals surface area contributed by atoms with Crippen LogP contribution in [0, 0.1) is 5.82 Å². The van der Waals surface area contributed by atoms with Crippen molar-refractivity contribution in [1.82, 2.24) is 0 Å². The number of benzene rings is 1. The summed E-state index contributed by atoms with van der Waals surface area (Å²) in [6.07, 6.45) is 3.47. The minimum atomic E-state index is -0.163. The van der Waals surface area contributed by atoms with Gasteiger partial charge >= 0.3 is 0 Å². The Kier molecular flexibility index (Phi) is 2.13. The number of fused-ring (bicyclic) bond motifs is 1. The van der Waals surface area contributed by atoms with E-state index in [1.54, 1.807) is 6.07 Å². The summed E-state index contributed by atoms with van der Waals surface area (Å²) in [7, 11) is 0. The summed E-state index contributed by atoms with van der Waals surface area (Å²) in [5.41, 5.74) is 1.63. The Labute approximate surface area is 76.6 Å². The molecule has 1 aliphatic carbocycles. The van der Waals surface area contributed by atoms with Gasteiger partial charge in [-0.15, -0.1) is 0 Å². The molecule has 0 aliphatic heterocycles. The average Bonchev–Trinajstić information content (AvgIpc) is 2.18. The first-order chi connectivity index (χ1) is 6.33. The maximum atomic E-state index is 13.3. The largest absolute Gasteiger partial charge is 0.303 e. The van der Waals surface area contributed by atoms with Crippen LogP contribution in [0.1, 0.15) is 29.9 Å². The van der Waals surface area contributed by atoms with E-state index in [2.05, 4.69) is 0 Å². The van der Waals surface area contributed by atoms with Crippen LogP contribution in [0.4, 0.5) is 4.39 Å². The highest BCUT2D eigenvalue weighted by atomic mass is 19.1. The van der Waals surface area contributed by atoms with Crippen LogP contribution in [0.3, 0.4) is 0 Å². The summed E-state index contributed by atoms with van der Waals surface area (Å²) in [4.78, 5) is 10.7. The highest BCUT2D eigenvalue weighted by molar-refractivity contribution is 5.64. The topological polar surface area (TPSA) is 17.1 Å². The number of rotatable bonds is 1. The predicted molar refractivity (Wildman–Crippen MR) is 48.1 cm³/mol. The van der Waals surface area contributed by atoms with Crippen LogP contribution < -0.4 is 0 Å². The lowest BCUT2D eigenvalue weighted by atomic mass is 9.83. The van der Waals surface area contributed by atoms with Crippen LogP contribution >= 0.6 is 0 Å². The Hall–Kier alpha value is -1.18. The van der Waals surface area contributed by atoms with E-state index in [-0.39, 0.29) is 11.7 Å². The zero-order valence-corrected chi connectivity index (χ0v) is 7.29. The number of carbonyl (C=O) groups is 1. The predicted octanol–water partition coefficient (Wildman–Crippen LogP) is 2.44. The molecule has 0 fully saturated rings. The van der Waals surface area contributed by atoms with Gasteiger partial charge in [0.2, 0.25) is 0 Å². The third-order valence-corrected chi connectivity index (χ3v) is 2.66. The molecule has 1 aliphatic rings. The summed E-state index contributed by atoms with van der Waals surface area (Å²) in [5.74, 6) is -0.247. The molecule has 0 saturated carbocycles. The van der Waals surface area contributed by atoms with Gasteiger partial charge in [-0.2, -0.15) is 0 Å². The molecule has 1 aromatic rings. The molecule has 0 amide bonds. The van der Waals surface area contributed by atoms with Gasteiger partial charge in [-0.25, -0.2) is 4.39 Å². The molecule has 2 rings (SSSR count). The van der Waals surface area contributed by atoms with E-state index in [9.17, 15) is 9.18 Å². The molecular formula is C11H11FO. The maximum absolute atomic E-state index is 13.3. The zero-order chi connectivity index (χ0) is 9.26. The summed E-state index contributed by atoms with van der Waals surface area (Å²) in [5, 5.41) is 0. The van der Waals surface area contributed by atoms with E-state index in [1.807, 2.05) is 6.07 Å². The fourth-order valence-electron chi connectivity index (χ4n) is 1.98. The molecule has 0 aromatic heterocycles. The molecule has 1 nitrogen and oxygen atoms in total. The molecule has 0 spiro atoms. The second-order valence-corrected chi connectivity index (χ2v) is 3.44. The van der Waals surface area contributed by atoms with Gasteiger partial charge < -0.3 is 4.79 Å². The van der Waals surface area contributed by atoms with Gasteiger partial charge in [-0.3, -0.25) is 0 Å². The first-order valence-electron chi connectivity index (χ1n) is 4.55. The molecule has 0 radical (unpaired) electrons. The van der Waals surface area contributed by atoms with Crippen molar-refractivity contribution in [1.29, 1.82) is 0 Å². The monoisotopic (exact) mass is 178 g/mol. The van der Waals surface area contributed by atoms with Gasteiger partial charge in [0, 0.05) is 5.92 Å². The van der Waals surface area contributed by atoms with Gasteiger partial charge in [0.05, 0.1) is 0 Å². The molecule has 2 heteroatoms. The minimum Gasteiger partial charge on any atom is -0.303 e. The number of aldehydes is 1. The third kappa shape index (κ3) is 1.37. The van der Waals surface area contributed by atoms with Crippen LogP contribution in [0.5, 0.6) is 0 Å². The van der Waals surface area contributed by atoms with Crippen molar-refractivity contribution < 1.29 is 9.18 Å². The highest BCUT2D eigenvalue weighted by Gasteiger charge is 2.21. The molecule has 1 aromatic carbocycles.